The summed E-state index contributed by atoms with van der Waals surface area (Å²) in [5, 5.41) is 4.08. The van der Waals surface area contributed by atoms with E-state index in [0.29, 0.717) is 6.42 Å². The molecule has 1 aliphatic rings. The number of benzene rings is 2. The van der Waals surface area contributed by atoms with Gasteiger partial charge in [0.25, 0.3) is 0 Å². The largest absolute Gasteiger partial charge is 0.273 e. The van der Waals surface area contributed by atoms with Crippen molar-refractivity contribution in [2.75, 3.05) is 0 Å². The highest BCUT2D eigenvalue weighted by atomic mass is 35.5. The number of halogens is 2. The number of hydrogen-bond acceptors (Lipinski definition) is 2. The Balaban J connectivity index is 1.66. The summed E-state index contributed by atoms with van der Waals surface area (Å²) in [6.45, 7) is 0. The lowest BCUT2D eigenvalue weighted by Crippen LogP contribution is -2.23. The minimum absolute atomic E-state index is 0.175. The normalized spacial score (nSPS) is 22.0. The number of carbonyl (C=O) groups excluding carboxylic acids is 1. The monoisotopic (exact) mass is 346 g/mol. The van der Waals surface area contributed by atoms with E-state index < -0.39 is 9.75 Å². The van der Waals surface area contributed by atoms with Crippen LogP contribution in [-0.4, -0.2) is 16.5 Å². The lowest BCUT2D eigenvalue weighted by Gasteiger charge is -2.13. The van der Waals surface area contributed by atoms with Crippen LogP contribution in [0.3, 0.4) is 0 Å². The van der Waals surface area contributed by atoms with Gasteiger partial charge in [0.15, 0.2) is 0 Å². The summed E-state index contributed by atoms with van der Waals surface area (Å²) >= 11 is 12.6. The average molecular weight is 347 g/mol. The number of amides is 1. The van der Waals surface area contributed by atoms with Crippen LogP contribution in [0, 0.1) is 0 Å². The van der Waals surface area contributed by atoms with Crippen molar-refractivity contribution in [3.63, 3.8) is 0 Å². The molecule has 3 nitrogen and oxygen atoms in total. The van der Waals surface area contributed by atoms with Gasteiger partial charge in [-0.25, -0.2) is 5.43 Å². The molecule has 0 bridgehead atoms. The molecule has 1 N–H and O–H groups in total. The predicted octanol–water partition coefficient (Wildman–Crippen LogP) is 3.85. The quantitative estimate of drug-likeness (QED) is 0.498. The van der Waals surface area contributed by atoms with Crippen molar-refractivity contribution in [1.82, 2.24) is 5.43 Å². The SMILES string of the molecule is O=C(Cc1ccccc1)NN=CC1(c2ccccc2)CC1(Cl)Cl. The molecule has 1 saturated carbocycles. The summed E-state index contributed by atoms with van der Waals surface area (Å²) in [5.41, 5.74) is 3.93. The Labute approximate surface area is 145 Å². The van der Waals surface area contributed by atoms with Gasteiger partial charge in [-0.3, -0.25) is 4.79 Å². The van der Waals surface area contributed by atoms with Crippen molar-refractivity contribution in [3.8, 4) is 0 Å². The van der Waals surface area contributed by atoms with Crippen molar-refractivity contribution in [2.24, 2.45) is 5.10 Å². The number of carbonyl (C=O) groups is 1. The summed E-state index contributed by atoms with van der Waals surface area (Å²) in [5.74, 6) is -0.175. The molecule has 23 heavy (non-hydrogen) atoms. The van der Waals surface area contributed by atoms with Crippen LogP contribution in [0.5, 0.6) is 0 Å². The molecular formula is C18H16Cl2N2O. The fourth-order valence-electron chi connectivity index (χ4n) is 2.60. The van der Waals surface area contributed by atoms with Gasteiger partial charge in [0, 0.05) is 6.21 Å². The minimum atomic E-state index is -0.887. The summed E-state index contributed by atoms with van der Waals surface area (Å²) in [4.78, 5) is 11.9. The Morgan fingerprint density at radius 2 is 1.65 bits per heavy atom. The maximum Gasteiger partial charge on any atom is 0.244 e. The number of nitrogens with zero attached hydrogens (tertiary/aromatic N) is 1. The highest BCUT2D eigenvalue weighted by Gasteiger charge is 2.66. The second kappa shape index (κ2) is 6.34. The van der Waals surface area contributed by atoms with Gasteiger partial charge in [0.1, 0.15) is 4.33 Å². The van der Waals surface area contributed by atoms with E-state index in [9.17, 15) is 4.79 Å². The summed E-state index contributed by atoms with van der Waals surface area (Å²) in [6, 6.07) is 19.2. The van der Waals surface area contributed by atoms with Crippen LogP contribution in [0.25, 0.3) is 0 Å². The molecule has 1 amide bonds. The molecule has 0 saturated heterocycles. The molecule has 0 aromatic heterocycles. The lowest BCUT2D eigenvalue weighted by molar-refractivity contribution is -0.120. The summed E-state index contributed by atoms with van der Waals surface area (Å²) in [6.07, 6.45) is 2.50. The standard InChI is InChI=1S/C18H16Cl2N2O/c19-18(20)12-17(18,15-9-5-2-6-10-15)13-21-22-16(23)11-14-7-3-1-4-8-14/h1-10,13H,11-12H2,(H,22,23). The Morgan fingerprint density at radius 3 is 2.22 bits per heavy atom. The van der Waals surface area contributed by atoms with Crippen molar-refractivity contribution in [1.29, 1.82) is 0 Å². The molecule has 1 aliphatic carbocycles. The van der Waals surface area contributed by atoms with Crippen LogP contribution in [0.4, 0.5) is 0 Å². The molecule has 0 radical (unpaired) electrons. The van der Waals surface area contributed by atoms with Crippen molar-refractivity contribution in [2.45, 2.75) is 22.6 Å². The van der Waals surface area contributed by atoms with Gasteiger partial charge >= 0.3 is 0 Å². The van der Waals surface area contributed by atoms with E-state index in [1.165, 1.54) is 0 Å². The molecule has 0 aliphatic heterocycles. The molecule has 2 aromatic carbocycles. The van der Waals surface area contributed by atoms with Crippen LogP contribution < -0.4 is 5.43 Å². The van der Waals surface area contributed by atoms with Crippen LogP contribution in [-0.2, 0) is 16.6 Å². The highest BCUT2D eigenvalue weighted by Crippen LogP contribution is 2.63. The van der Waals surface area contributed by atoms with Gasteiger partial charge in [0.05, 0.1) is 11.8 Å². The molecule has 118 valence electrons. The number of alkyl halides is 2. The molecule has 3 rings (SSSR count). The zero-order valence-corrected chi connectivity index (χ0v) is 13.9. The zero-order valence-electron chi connectivity index (χ0n) is 12.4. The Kier molecular flexibility index (Phi) is 4.42. The van der Waals surface area contributed by atoms with Gasteiger partial charge in [-0.15, -0.1) is 23.2 Å². The molecule has 1 unspecified atom stereocenters. The first-order chi connectivity index (χ1) is 11.0. The highest BCUT2D eigenvalue weighted by molar-refractivity contribution is 6.53. The molecule has 1 atom stereocenters. The van der Waals surface area contributed by atoms with E-state index in [2.05, 4.69) is 10.5 Å². The molecule has 5 heteroatoms. The van der Waals surface area contributed by atoms with Crippen LogP contribution in [0.2, 0.25) is 0 Å². The second-order valence-electron chi connectivity index (χ2n) is 5.67. The molecule has 2 aromatic rings. The Morgan fingerprint density at radius 1 is 1.09 bits per heavy atom. The number of rotatable bonds is 5. The number of hydrazone groups is 1. The first kappa shape index (κ1) is 16.0. The third kappa shape index (κ3) is 3.41. The fourth-order valence-corrected chi connectivity index (χ4v) is 3.34. The van der Waals surface area contributed by atoms with Gasteiger partial charge in [-0.2, -0.15) is 5.10 Å². The van der Waals surface area contributed by atoms with Crippen molar-refractivity contribution in [3.05, 3.63) is 71.8 Å². The summed E-state index contributed by atoms with van der Waals surface area (Å²) < 4.78 is -0.887. The van der Waals surface area contributed by atoms with Gasteiger partial charge < -0.3 is 0 Å². The molecule has 0 heterocycles. The van der Waals surface area contributed by atoms with Crippen molar-refractivity contribution >= 4 is 35.3 Å². The molecular weight excluding hydrogens is 331 g/mol. The van der Waals surface area contributed by atoms with Gasteiger partial charge in [0.2, 0.25) is 5.91 Å². The van der Waals surface area contributed by atoms with E-state index in [4.69, 9.17) is 23.2 Å². The number of nitrogens with one attached hydrogen (secondary N) is 1. The first-order valence-electron chi connectivity index (χ1n) is 7.34. The van der Waals surface area contributed by atoms with E-state index in [1.807, 2.05) is 60.7 Å². The van der Waals surface area contributed by atoms with Crippen molar-refractivity contribution < 1.29 is 4.79 Å². The van der Waals surface area contributed by atoms with E-state index >= 15 is 0 Å². The fraction of sp³-hybridized carbons (Fsp3) is 0.222. The smallest absolute Gasteiger partial charge is 0.244 e. The average Bonchev–Trinajstić information content (AvgIpc) is 3.12. The molecule has 1 fully saturated rings. The Bertz CT molecular complexity index is 716. The van der Waals surface area contributed by atoms with E-state index in [0.717, 1.165) is 11.1 Å². The minimum Gasteiger partial charge on any atom is -0.273 e. The van der Waals surface area contributed by atoms with Crippen LogP contribution >= 0.6 is 23.2 Å². The van der Waals surface area contributed by atoms with Gasteiger partial charge in [-0.05, 0) is 17.5 Å². The topological polar surface area (TPSA) is 41.5 Å². The maximum absolute atomic E-state index is 11.9. The second-order valence-corrected chi connectivity index (χ2v) is 7.16. The Hall–Kier alpha value is -1.84. The maximum atomic E-state index is 11.9. The lowest BCUT2D eigenvalue weighted by atomic mass is 9.97. The number of hydrogen-bond donors (Lipinski definition) is 1. The third-order valence-corrected chi connectivity index (χ3v) is 4.94. The van der Waals surface area contributed by atoms with Gasteiger partial charge in [-0.1, -0.05) is 60.7 Å². The third-order valence-electron chi connectivity index (χ3n) is 4.00. The van der Waals surface area contributed by atoms with Crippen LogP contribution in [0.15, 0.2) is 65.8 Å². The van der Waals surface area contributed by atoms with E-state index in [1.54, 1.807) is 6.21 Å². The first-order valence-corrected chi connectivity index (χ1v) is 8.09. The summed E-state index contributed by atoms with van der Waals surface area (Å²) in [7, 11) is 0. The predicted molar refractivity (Wildman–Crippen MR) is 94.0 cm³/mol. The molecule has 0 spiro atoms. The van der Waals surface area contributed by atoms with Crippen LogP contribution in [0.1, 0.15) is 17.5 Å². The van der Waals surface area contributed by atoms with E-state index in [-0.39, 0.29) is 12.3 Å². The zero-order chi connectivity index (χ0) is 16.3.